The van der Waals surface area contributed by atoms with E-state index in [4.69, 9.17) is 0 Å². The molecule has 9 heteroatoms. The standard InChI is InChI=1S/C12H14N8O/c1-19(2)11-12(16-10-9(15-11)17-21-18-10)20(3)7-8-6-13-4-5-14-8/h4-6H,7H2,1-3H3. The van der Waals surface area contributed by atoms with E-state index < -0.39 is 0 Å². The van der Waals surface area contributed by atoms with Crippen LogP contribution in [0, 0.1) is 0 Å². The molecule has 108 valence electrons. The Balaban J connectivity index is 1.99. The largest absolute Gasteiger partial charge is 0.360 e. The Hall–Kier alpha value is -2.84. The van der Waals surface area contributed by atoms with Gasteiger partial charge >= 0.3 is 0 Å². The second-order valence-electron chi connectivity index (χ2n) is 4.73. The maximum atomic E-state index is 4.67. The highest BCUT2D eigenvalue weighted by molar-refractivity contribution is 5.74. The molecule has 0 saturated heterocycles. The van der Waals surface area contributed by atoms with Gasteiger partial charge in [0.1, 0.15) is 0 Å². The fraction of sp³-hybridized carbons (Fsp3) is 0.333. The molecule has 0 N–H and O–H groups in total. The molecule has 3 aromatic rings. The molecule has 0 aliphatic carbocycles. The lowest BCUT2D eigenvalue weighted by atomic mass is 10.4. The van der Waals surface area contributed by atoms with Gasteiger partial charge in [0.25, 0.3) is 0 Å². The van der Waals surface area contributed by atoms with Gasteiger partial charge in [-0.1, -0.05) is 0 Å². The van der Waals surface area contributed by atoms with Gasteiger partial charge < -0.3 is 9.80 Å². The Kier molecular flexibility index (Phi) is 3.30. The molecule has 0 amide bonds. The first-order chi connectivity index (χ1) is 10.1. The van der Waals surface area contributed by atoms with E-state index in [1.165, 1.54) is 0 Å². The van der Waals surface area contributed by atoms with Crippen LogP contribution in [0.3, 0.4) is 0 Å². The number of hydrogen-bond acceptors (Lipinski definition) is 9. The highest BCUT2D eigenvalue weighted by atomic mass is 16.6. The molecular weight excluding hydrogens is 272 g/mol. The van der Waals surface area contributed by atoms with Gasteiger partial charge in [0.2, 0.25) is 11.3 Å². The summed E-state index contributed by atoms with van der Waals surface area (Å²) in [5.41, 5.74) is 1.60. The van der Waals surface area contributed by atoms with Crippen LogP contribution in [0.25, 0.3) is 11.3 Å². The van der Waals surface area contributed by atoms with Crippen LogP contribution in [0.15, 0.2) is 23.2 Å². The van der Waals surface area contributed by atoms with Gasteiger partial charge in [0, 0.05) is 33.5 Å². The summed E-state index contributed by atoms with van der Waals surface area (Å²) < 4.78 is 4.67. The minimum absolute atomic E-state index is 0.376. The molecule has 0 aromatic carbocycles. The summed E-state index contributed by atoms with van der Waals surface area (Å²) in [5, 5.41) is 7.46. The SMILES string of the molecule is CN(C)c1nc2nonc2nc1N(C)Cc1cnccn1. The smallest absolute Gasteiger partial charge is 0.245 e. The molecule has 0 atom stereocenters. The fourth-order valence-corrected chi connectivity index (χ4v) is 1.91. The fourth-order valence-electron chi connectivity index (χ4n) is 1.91. The van der Waals surface area contributed by atoms with Crippen LogP contribution in [-0.2, 0) is 6.54 Å². The van der Waals surface area contributed by atoms with Crippen molar-refractivity contribution in [3.8, 4) is 0 Å². The summed E-state index contributed by atoms with van der Waals surface area (Å²) in [6.07, 6.45) is 5.02. The highest BCUT2D eigenvalue weighted by Crippen LogP contribution is 2.25. The average Bonchev–Trinajstić information content (AvgIpc) is 2.94. The maximum Gasteiger partial charge on any atom is 0.245 e. The van der Waals surface area contributed by atoms with E-state index >= 15 is 0 Å². The quantitative estimate of drug-likeness (QED) is 0.679. The Morgan fingerprint density at radius 1 is 1.00 bits per heavy atom. The van der Waals surface area contributed by atoms with Gasteiger partial charge in [-0.15, -0.1) is 0 Å². The van der Waals surface area contributed by atoms with Crippen LogP contribution in [0.2, 0.25) is 0 Å². The van der Waals surface area contributed by atoms with Gasteiger partial charge in [-0.3, -0.25) is 9.97 Å². The molecule has 0 spiro atoms. The van der Waals surface area contributed by atoms with Crippen LogP contribution in [-0.4, -0.2) is 51.4 Å². The lowest BCUT2D eigenvalue weighted by Gasteiger charge is -2.22. The third-order valence-corrected chi connectivity index (χ3v) is 2.88. The zero-order valence-corrected chi connectivity index (χ0v) is 11.9. The monoisotopic (exact) mass is 286 g/mol. The van der Waals surface area contributed by atoms with Crippen LogP contribution in [0.1, 0.15) is 5.69 Å². The van der Waals surface area contributed by atoms with Gasteiger partial charge in [0.05, 0.1) is 18.4 Å². The lowest BCUT2D eigenvalue weighted by Crippen LogP contribution is -2.23. The maximum absolute atomic E-state index is 4.67. The van der Waals surface area contributed by atoms with Gasteiger partial charge in [0.15, 0.2) is 11.6 Å². The molecule has 3 aromatic heterocycles. The summed E-state index contributed by atoms with van der Waals surface area (Å²) in [4.78, 5) is 21.0. The molecule has 0 saturated carbocycles. The molecule has 3 heterocycles. The van der Waals surface area contributed by atoms with Crippen molar-refractivity contribution in [2.24, 2.45) is 0 Å². The third kappa shape index (κ3) is 2.57. The Morgan fingerprint density at radius 2 is 1.71 bits per heavy atom. The van der Waals surface area contributed by atoms with Gasteiger partial charge in [-0.05, 0) is 10.3 Å². The first-order valence-electron chi connectivity index (χ1n) is 6.29. The highest BCUT2D eigenvalue weighted by Gasteiger charge is 2.17. The number of aromatic nitrogens is 6. The molecule has 9 nitrogen and oxygen atoms in total. The zero-order chi connectivity index (χ0) is 14.8. The average molecular weight is 286 g/mol. The molecule has 0 aliphatic rings. The number of hydrogen-bond donors (Lipinski definition) is 0. The van der Waals surface area contributed by atoms with Crippen LogP contribution >= 0.6 is 0 Å². The van der Waals surface area contributed by atoms with E-state index in [0.717, 1.165) is 5.69 Å². The molecular formula is C12H14N8O. The first kappa shape index (κ1) is 13.2. The second kappa shape index (κ2) is 5.27. The van der Waals surface area contributed by atoms with Crippen molar-refractivity contribution in [2.45, 2.75) is 6.54 Å². The van der Waals surface area contributed by atoms with Crippen LogP contribution in [0.5, 0.6) is 0 Å². The van der Waals surface area contributed by atoms with E-state index in [9.17, 15) is 0 Å². The number of rotatable bonds is 4. The number of nitrogens with zero attached hydrogens (tertiary/aromatic N) is 8. The normalized spacial score (nSPS) is 10.8. The summed E-state index contributed by atoms with van der Waals surface area (Å²) in [6, 6.07) is 0. The van der Waals surface area contributed by atoms with E-state index in [2.05, 4.69) is 34.9 Å². The van der Waals surface area contributed by atoms with Crippen molar-refractivity contribution in [1.82, 2.24) is 30.2 Å². The van der Waals surface area contributed by atoms with Gasteiger partial charge in [-0.25, -0.2) is 14.6 Å². The van der Waals surface area contributed by atoms with E-state index in [-0.39, 0.29) is 0 Å². The topological polar surface area (TPSA) is 97.0 Å². The van der Waals surface area contributed by atoms with E-state index in [1.807, 2.05) is 30.9 Å². The summed E-state index contributed by atoms with van der Waals surface area (Å²) in [6.45, 7) is 0.556. The van der Waals surface area contributed by atoms with Gasteiger partial charge in [-0.2, -0.15) is 0 Å². The molecule has 0 unspecified atom stereocenters. The second-order valence-corrected chi connectivity index (χ2v) is 4.73. The summed E-state index contributed by atoms with van der Waals surface area (Å²) in [7, 11) is 5.69. The Morgan fingerprint density at radius 3 is 2.33 bits per heavy atom. The van der Waals surface area contributed by atoms with E-state index in [1.54, 1.807) is 18.6 Å². The minimum atomic E-state index is 0.376. The molecule has 3 rings (SSSR count). The van der Waals surface area contributed by atoms with Crippen molar-refractivity contribution >= 4 is 22.9 Å². The molecule has 0 aliphatic heterocycles. The van der Waals surface area contributed by atoms with Crippen LogP contribution in [0.4, 0.5) is 11.6 Å². The Labute approximate surface area is 120 Å². The molecule has 0 radical (unpaired) electrons. The van der Waals surface area contributed by atoms with Crippen LogP contribution < -0.4 is 9.80 Å². The van der Waals surface area contributed by atoms with Crippen molar-refractivity contribution in [3.63, 3.8) is 0 Å². The number of fused-ring (bicyclic) bond motifs is 1. The predicted octanol–water partition coefficient (Wildman–Crippen LogP) is 0.505. The molecule has 21 heavy (non-hydrogen) atoms. The zero-order valence-electron chi connectivity index (χ0n) is 11.9. The predicted molar refractivity (Wildman–Crippen MR) is 75.9 cm³/mol. The minimum Gasteiger partial charge on any atom is -0.360 e. The molecule has 0 fully saturated rings. The van der Waals surface area contributed by atoms with Crippen molar-refractivity contribution in [3.05, 3.63) is 24.3 Å². The lowest BCUT2D eigenvalue weighted by molar-refractivity contribution is 0.314. The Bertz CT molecular complexity index is 741. The van der Waals surface area contributed by atoms with Crippen molar-refractivity contribution in [2.75, 3.05) is 30.9 Å². The van der Waals surface area contributed by atoms with Crippen molar-refractivity contribution < 1.29 is 4.63 Å². The van der Waals surface area contributed by atoms with Crippen molar-refractivity contribution in [1.29, 1.82) is 0 Å². The summed E-state index contributed by atoms with van der Waals surface area (Å²) >= 11 is 0. The van der Waals surface area contributed by atoms with E-state index in [0.29, 0.717) is 29.5 Å². The first-order valence-corrected chi connectivity index (χ1v) is 6.29. The molecule has 0 bridgehead atoms. The summed E-state index contributed by atoms with van der Waals surface area (Å²) in [5.74, 6) is 1.36. The third-order valence-electron chi connectivity index (χ3n) is 2.88. The number of anilines is 2.